The van der Waals surface area contributed by atoms with Crippen molar-refractivity contribution in [3.8, 4) is 5.75 Å². The molecule has 2 heterocycles. The van der Waals surface area contributed by atoms with Gasteiger partial charge in [-0.05, 0) is 67.9 Å². The average Bonchev–Trinajstić information content (AvgIpc) is 3.33. The molecule has 3 aromatic carbocycles. The number of benzene rings is 3. The Hall–Kier alpha value is -4.92. The van der Waals surface area contributed by atoms with Crippen LogP contribution in [0.4, 0.5) is 21.6 Å². The number of halogens is 1. The summed E-state index contributed by atoms with van der Waals surface area (Å²) in [6.45, 7) is 3.73. The number of carbonyl (C=O) groups excluding carboxylic acids is 2. The Balaban J connectivity index is 1.51. The fourth-order valence-corrected chi connectivity index (χ4v) is 4.38. The summed E-state index contributed by atoms with van der Waals surface area (Å²) in [5.74, 6) is -0.00542. The van der Waals surface area contributed by atoms with Crippen LogP contribution in [0.2, 0.25) is 0 Å². The number of amides is 2. The fraction of sp³-hybridized carbons (Fsp3) is 0.138. The zero-order chi connectivity index (χ0) is 26.8. The number of nitrogens with zero attached hydrogens (tertiary/aromatic N) is 2. The van der Waals surface area contributed by atoms with Crippen molar-refractivity contribution in [1.82, 2.24) is 9.78 Å². The minimum absolute atomic E-state index is 0.312. The maximum atomic E-state index is 13.8. The van der Waals surface area contributed by atoms with Crippen molar-refractivity contribution in [3.05, 3.63) is 113 Å². The maximum Gasteiger partial charge on any atom is 0.261 e. The zero-order valence-corrected chi connectivity index (χ0v) is 21.1. The van der Waals surface area contributed by atoms with E-state index in [1.54, 1.807) is 55.1 Å². The number of carbonyl (C=O) groups is 2. The summed E-state index contributed by atoms with van der Waals surface area (Å²) < 4.78 is 20.5. The van der Waals surface area contributed by atoms with E-state index in [1.165, 1.54) is 18.3 Å². The second-order valence-corrected chi connectivity index (χ2v) is 8.97. The van der Waals surface area contributed by atoms with Gasteiger partial charge < -0.3 is 20.7 Å². The predicted octanol–water partition coefficient (Wildman–Crippen LogP) is 5.52. The monoisotopic (exact) mass is 511 g/mol. The molecule has 1 aromatic heterocycles. The highest BCUT2D eigenvalue weighted by Crippen LogP contribution is 2.38. The normalized spacial score (nSPS) is 14.4. The van der Waals surface area contributed by atoms with Gasteiger partial charge in [-0.1, -0.05) is 29.8 Å². The van der Waals surface area contributed by atoms with Gasteiger partial charge in [0, 0.05) is 17.1 Å². The van der Waals surface area contributed by atoms with Gasteiger partial charge in [0.25, 0.3) is 11.8 Å². The Morgan fingerprint density at radius 1 is 0.895 bits per heavy atom. The van der Waals surface area contributed by atoms with Crippen LogP contribution in [0.5, 0.6) is 5.75 Å². The zero-order valence-electron chi connectivity index (χ0n) is 21.1. The molecule has 38 heavy (non-hydrogen) atoms. The second kappa shape index (κ2) is 10.2. The lowest BCUT2D eigenvalue weighted by Crippen LogP contribution is -2.32. The Kier molecular flexibility index (Phi) is 6.66. The lowest BCUT2D eigenvalue weighted by molar-refractivity contribution is -0.113. The minimum atomic E-state index is -0.703. The van der Waals surface area contributed by atoms with Crippen LogP contribution in [-0.4, -0.2) is 28.7 Å². The van der Waals surface area contributed by atoms with Crippen LogP contribution in [0.1, 0.15) is 34.5 Å². The molecule has 1 unspecified atom stereocenters. The first-order valence-electron chi connectivity index (χ1n) is 12.0. The molecule has 9 heteroatoms. The summed E-state index contributed by atoms with van der Waals surface area (Å²) >= 11 is 0. The molecule has 0 saturated carbocycles. The van der Waals surface area contributed by atoms with Gasteiger partial charge >= 0.3 is 0 Å². The molecular weight excluding hydrogens is 485 g/mol. The molecule has 0 aliphatic carbocycles. The molecule has 1 aliphatic heterocycles. The SMILES string of the molecule is COc1ccc(NC(=O)C2=C(C)Nc3c(C(=O)Nc4ccc(C)cc4)cnn3C2c2ccc(F)cc2)cc1. The predicted molar refractivity (Wildman–Crippen MR) is 144 cm³/mol. The molecule has 0 fully saturated rings. The van der Waals surface area contributed by atoms with E-state index >= 15 is 0 Å². The van der Waals surface area contributed by atoms with Crippen molar-refractivity contribution in [1.29, 1.82) is 0 Å². The number of aromatic nitrogens is 2. The van der Waals surface area contributed by atoms with E-state index in [2.05, 4.69) is 21.0 Å². The molecule has 8 nitrogen and oxygen atoms in total. The van der Waals surface area contributed by atoms with Gasteiger partial charge in [0.05, 0.1) is 18.9 Å². The number of allylic oxidation sites excluding steroid dienone is 1. The third-order valence-corrected chi connectivity index (χ3v) is 6.36. The maximum absolute atomic E-state index is 13.8. The lowest BCUT2D eigenvalue weighted by atomic mass is 9.94. The summed E-state index contributed by atoms with van der Waals surface area (Å²) in [5, 5.41) is 13.5. The summed E-state index contributed by atoms with van der Waals surface area (Å²) in [7, 11) is 1.57. The number of methoxy groups -OCH3 is 1. The van der Waals surface area contributed by atoms with E-state index in [4.69, 9.17) is 4.74 Å². The number of rotatable bonds is 6. The molecule has 4 aromatic rings. The molecule has 1 atom stereocenters. The van der Waals surface area contributed by atoms with Crippen LogP contribution in [-0.2, 0) is 4.79 Å². The van der Waals surface area contributed by atoms with Crippen molar-refractivity contribution in [2.24, 2.45) is 0 Å². The number of nitrogens with one attached hydrogen (secondary N) is 3. The summed E-state index contributed by atoms with van der Waals surface area (Å²) in [4.78, 5) is 26.7. The largest absolute Gasteiger partial charge is 0.497 e. The molecule has 0 radical (unpaired) electrons. The minimum Gasteiger partial charge on any atom is -0.497 e. The number of fused-ring (bicyclic) bond motifs is 1. The molecule has 5 rings (SSSR count). The van der Waals surface area contributed by atoms with Crippen LogP contribution in [0, 0.1) is 12.7 Å². The standard InChI is InChI=1S/C29H26FN5O3/c1-17-4-10-21(11-5-17)33-28(36)24-16-31-35-26(19-6-8-20(30)9-7-19)25(18(2)32-27(24)35)29(37)34-22-12-14-23(38-3)15-13-22/h4-16,26,32H,1-3H3,(H,33,36)(H,34,37). The lowest BCUT2D eigenvalue weighted by Gasteiger charge is -2.30. The van der Waals surface area contributed by atoms with Crippen LogP contribution in [0.3, 0.4) is 0 Å². The Bertz CT molecular complexity index is 1520. The Labute approximate surface area is 219 Å². The van der Waals surface area contributed by atoms with E-state index in [0.29, 0.717) is 45.3 Å². The average molecular weight is 512 g/mol. The molecule has 0 bridgehead atoms. The van der Waals surface area contributed by atoms with Crippen LogP contribution >= 0.6 is 0 Å². The van der Waals surface area contributed by atoms with Crippen molar-refractivity contribution in [2.45, 2.75) is 19.9 Å². The van der Waals surface area contributed by atoms with Gasteiger partial charge in [0.2, 0.25) is 0 Å². The summed E-state index contributed by atoms with van der Waals surface area (Å²) in [5.41, 5.74) is 4.19. The topological polar surface area (TPSA) is 97.3 Å². The van der Waals surface area contributed by atoms with Crippen molar-refractivity contribution in [3.63, 3.8) is 0 Å². The summed E-state index contributed by atoms with van der Waals surface area (Å²) in [6.07, 6.45) is 1.46. The van der Waals surface area contributed by atoms with Crippen molar-refractivity contribution >= 4 is 29.0 Å². The quantitative estimate of drug-likeness (QED) is 0.317. The number of hydrogen-bond donors (Lipinski definition) is 3. The van der Waals surface area contributed by atoms with Gasteiger partial charge in [-0.2, -0.15) is 5.10 Å². The third kappa shape index (κ3) is 4.86. The van der Waals surface area contributed by atoms with Gasteiger partial charge in [-0.3, -0.25) is 9.59 Å². The van der Waals surface area contributed by atoms with Gasteiger partial charge in [-0.25, -0.2) is 9.07 Å². The molecule has 192 valence electrons. The van der Waals surface area contributed by atoms with E-state index < -0.39 is 11.9 Å². The number of ether oxygens (including phenoxy) is 1. The molecular formula is C29H26FN5O3. The third-order valence-electron chi connectivity index (χ3n) is 6.36. The number of aryl methyl sites for hydroxylation is 1. The molecule has 0 spiro atoms. The second-order valence-electron chi connectivity index (χ2n) is 8.97. The highest BCUT2D eigenvalue weighted by Gasteiger charge is 2.35. The van der Waals surface area contributed by atoms with E-state index in [0.717, 1.165) is 5.56 Å². The first-order valence-corrected chi connectivity index (χ1v) is 12.0. The van der Waals surface area contributed by atoms with Gasteiger partial charge in [0.1, 0.15) is 29.0 Å². The van der Waals surface area contributed by atoms with E-state index in [9.17, 15) is 14.0 Å². The van der Waals surface area contributed by atoms with Crippen molar-refractivity contribution < 1.29 is 18.7 Å². The molecule has 2 amide bonds. The van der Waals surface area contributed by atoms with Crippen LogP contribution in [0.15, 0.2) is 90.3 Å². The molecule has 3 N–H and O–H groups in total. The van der Waals surface area contributed by atoms with Gasteiger partial charge in [0.15, 0.2) is 0 Å². The first kappa shape index (κ1) is 24.8. The van der Waals surface area contributed by atoms with Crippen LogP contribution in [0.25, 0.3) is 0 Å². The van der Waals surface area contributed by atoms with Gasteiger partial charge in [-0.15, -0.1) is 0 Å². The molecule has 0 saturated heterocycles. The van der Waals surface area contributed by atoms with Crippen LogP contribution < -0.4 is 20.7 Å². The smallest absolute Gasteiger partial charge is 0.261 e. The molecule has 1 aliphatic rings. The van der Waals surface area contributed by atoms with E-state index in [-0.39, 0.29) is 11.8 Å². The summed E-state index contributed by atoms with van der Waals surface area (Å²) in [6, 6.07) is 19.6. The fourth-order valence-electron chi connectivity index (χ4n) is 4.38. The first-order chi connectivity index (χ1) is 18.3. The Morgan fingerprint density at radius 2 is 1.50 bits per heavy atom. The number of anilines is 3. The van der Waals surface area contributed by atoms with E-state index in [1.807, 2.05) is 31.2 Å². The van der Waals surface area contributed by atoms with Crippen molar-refractivity contribution in [2.75, 3.05) is 23.1 Å². The highest BCUT2D eigenvalue weighted by atomic mass is 19.1. The number of hydrogen-bond acceptors (Lipinski definition) is 5. The highest BCUT2D eigenvalue weighted by molar-refractivity contribution is 6.09. The Morgan fingerprint density at radius 3 is 2.13 bits per heavy atom.